The van der Waals surface area contributed by atoms with E-state index in [1.807, 2.05) is 37.3 Å². The van der Waals surface area contributed by atoms with Crippen molar-refractivity contribution >= 4 is 5.91 Å². The summed E-state index contributed by atoms with van der Waals surface area (Å²) < 4.78 is 1.44. The molecule has 1 aromatic carbocycles. The van der Waals surface area contributed by atoms with E-state index in [0.29, 0.717) is 17.9 Å². The van der Waals surface area contributed by atoms with Gasteiger partial charge in [0.25, 0.3) is 5.56 Å². The molecular formula is C21H26N4O2. The number of aryl methyl sites for hydroxylation is 2. The summed E-state index contributed by atoms with van der Waals surface area (Å²) in [7, 11) is 0. The van der Waals surface area contributed by atoms with Crippen molar-refractivity contribution in [3.63, 3.8) is 0 Å². The molecule has 2 rings (SSSR count). The van der Waals surface area contributed by atoms with Crippen LogP contribution in [0, 0.1) is 18.3 Å². The molecule has 0 atom stereocenters. The molecule has 6 heteroatoms. The summed E-state index contributed by atoms with van der Waals surface area (Å²) in [5.74, 6) is 0.343. The number of nitrogens with zero attached hydrogens (tertiary/aromatic N) is 3. The second-order valence-corrected chi connectivity index (χ2v) is 6.56. The van der Waals surface area contributed by atoms with Gasteiger partial charge in [0.05, 0.1) is 18.2 Å². The predicted molar refractivity (Wildman–Crippen MR) is 105 cm³/mol. The maximum Gasteiger partial charge on any atom is 0.254 e. The van der Waals surface area contributed by atoms with Crippen LogP contribution < -0.4 is 10.9 Å². The first-order chi connectivity index (χ1) is 13.0. The van der Waals surface area contributed by atoms with Crippen LogP contribution in [0.3, 0.4) is 0 Å². The number of unbranched alkanes of at least 4 members (excludes halogenated alkanes) is 2. The second kappa shape index (κ2) is 10.3. The summed E-state index contributed by atoms with van der Waals surface area (Å²) in [4.78, 5) is 29.5. The highest BCUT2D eigenvalue weighted by Gasteiger charge is 2.13. The Balaban J connectivity index is 2.31. The Hall–Kier alpha value is -2.94. The van der Waals surface area contributed by atoms with E-state index in [9.17, 15) is 9.59 Å². The number of carbonyl (C=O) groups excluding carboxylic acids is 1. The number of hydrogen-bond acceptors (Lipinski definition) is 4. The average Bonchev–Trinajstić information content (AvgIpc) is 2.65. The number of carbonyl (C=O) groups is 1. The van der Waals surface area contributed by atoms with Crippen molar-refractivity contribution in [3.8, 4) is 17.3 Å². The van der Waals surface area contributed by atoms with Crippen molar-refractivity contribution in [2.75, 3.05) is 6.54 Å². The van der Waals surface area contributed by atoms with E-state index < -0.39 is 0 Å². The molecule has 0 fully saturated rings. The minimum absolute atomic E-state index is 0.0765. The molecule has 0 saturated carbocycles. The molecule has 1 heterocycles. The Morgan fingerprint density at radius 2 is 2.00 bits per heavy atom. The SMILES string of the molecule is CCCCCc1nc(-c2ccc(C)cc2)cc(=O)n1CC(=O)NCCC#N. The third-order valence-electron chi connectivity index (χ3n) is 4.30. The van der Waals surface area contributed by atoms with Gasteiger partial charge in [-0.3, -0.25) is 14.2 Å². The first-order valence-electron chi connectivity index (χ1n) is 9.36. The highest BCUT2D eigenvalue weighted by molar-refractivity contribution is 5.75. The van der Waals surface area contributed by atoms with Crippen molar-refractivity contribution < 1.29 is 4.79 Å². The summed E-state index contributed by atoms with van der Waals surface area (Å²) in [6.45, 7) is 4.33. The zero-order valence-corrected chi connectivity index (χ0v) is 16.0. The van der Waals surface area contributed by atoms with Crippen molar-refractivity contribution in [1.82, 2.24) is 14.9 Å². The Bertz CT molecular complexity index is 863. The van der Waals surface area contributed by atoms with E-state index in [4.69, 9.17) is 5.26 Å². The first-order valence-corrected chi connectivity index (χ1v) is 9.36. The minimum atomic E-state index is -0.283. The molecule has 0 radical (unpaired) electrons. The number of rotatable bonds is 9. The number of aromatic nitrogens is 2. The van der Waals surface area contributed by atoms with E-state index >= 15 is 0 Å². The highest BCUT2D eigenvalue weighted by atomic mass is 16.2. The molecule has 142 valence electrons. The number of nitriles is 1. The Morgan fingerprint density at radius 3 is 2.67 bits per heavy atom. The third kappa shape index (κ3) is 6.07. The van der Waals surface area contributed by atoms with Crippen LogP contribution in [-0.4, -0.2) is 22.0 Å². The number of hydrogen-bond donors (Lipinski definition) is 1. The molecule has 27 heavy (non-hydrogen) atoms. The zero-order chi connectivity index (χ0) is 19.6. The average molecular weight is 366 g/mol. The standard InChI is InChI=1S/C21H26N4O2/c1-3-4-5-7-19-24-18(17-10-8-16(2)9-11-17)14-21(27)25(19)15-20(26)23-13-6-12-22/h8-11,14H,3-7,13,15H2,1-2H3,(H,23,26). The van der Waals surface area contributed by atoms with Gasteiger partial charge in [-0.1, -0.05) is 49.6 Å². The zero-order valence-electron chi connectivity index (χ0n) is 16.0. The number of nitrogens with one attached hydrogen (secondary N) is 1. The lowest BCUT2D eigenvalue weighted by molar-refractivity contribution is -0.121. The van der Waals surface area contributed by atoms with Gasteiger partial charge in [0, 0.05) is 24.6 Å². The quantitative estimate of drug-likeness (QED) is 0.691. The van der Waals surface area contributed by atoms with Crippen molar-refractivity contribution in [3.05, 3.63) is 52.1 Å². The molecule has 1 aromatic heterocycles. The topological polar surface area (TPSA) is 87.8 Å². The molecule has 6 nitrogen and oxygen atoms in total. The van der Waals surface area contributed by atoms with Gasteiger partial charge in [-0.05, 0) is 13.3 Å². The third-order valence-corrected chi connectivity index (χ3v) is 4.30. The first kappa shape index (κ1) is 20.4. The van der Waals surface area contributed by atoms with Gasteiger partial charge in [0.1, 0.15) is 12.4 Å². The summed E-state index contributed by atoms with van der Waals surface area (Å²) in [6, 6.07) is 11.3. The fraction of sp³-hybridized carbons (Fsp3) is 0.429. The predicted octanol–water partition coefficient (Wildman–Crippen LogP) is 2.98. The van der Waals surface area contributed by atoms with Crippen LogP contribution in [0.15, 0.2) is 35.1 Å². The van der Waals surface area contributed by atoms with Crippen LogP contribution in [0.4, 0.5) is 0 Å². The van der Waals surface area contributed by atoms with E-state index in [2.05, 4.69) is 17.2 Å². The van der Waals surface area contributed by atoms with E-state index in [0.717, 1.165) is 30.4 Å². The molecule has 0 aliphatic carbocycles. The lowest BCUT2D eigenvalue weighted by Crippen LogP contribution is -2.34. The maximum atomic E-state index is 12.7. The van der Waals surface area contributed by atoms with Crippen LogP contribution >= 0.6 is 0 Å². The molecule has 1 amide bonds. The molecule has 0 aliphatic rings. The monoisotopic (exact) mass is 366 g/mol. The van der Waals surface area contributed by atoms with Gasteiger partial charge in [-0.2, -0.15) is 5.26 Å². The van der Waals surface area contributed by atoms with Gasteiger partial charge in [-0.25, -0.2) is 4.98 Å². The van der Waals surface area contributed by atoms with Gasteiger partial charge in [0.2, 0.25) is 5.91 Å². The molecular weight excluding hydrogens is 340 g/mol. The van der Waals surface area contributed by atoms with Crippen LogP contribution in [0.2, 0.25) is 0 Å². The van der Waals surface area contributed by atoms with Crippen molar-refractivity contribution in [1.29, 1.82) is 5.26 Å². The van der Waals surface area contributed by atoms with Gasteiger partial charge >= 0.3 is 0 Å². The number of benzene rings is 1. The number of amides is 1. The molecule has 0 aliphatic heterocycles. The summed E-state index contributed by atoms with van der Waals surface area (Å²) in [5, 5.41) is 11.2. The highest BCUT2D eigenvalue weighted by Crippen LogP contribution is 2.17. The van der Waals surface area contributed by atoms with Crippen molar-refractivity contribution in [2.24, 2.45) is 0 Å². The molecule has 0 unspecified atom stereocenters. The van der Waals surface area contributed by atoms with Crippen LogP contribution in [0.25, 0.3) is 11.3 Å². The molecule has 0 saturated heterocycles. The van der Waals surface area contributed by atoms with Crippen LogP contribution in [-0.2, 0) is 17.8 Å². The Kier molecular flexibility index (Phi) is 7.75. The second-order valence-electron chi connectivity index (χ2n) is 6.56. The molecule has 0 bridgehead atoms. The van der Waals surface area contributed by atoms with Crippen molar-refractivity contribution in [2.45, 2.75) is 52.5 Å². The van der Waals surface area contributed by atoms with E-state index in [-0.39, 0.29) is 31.0 Å². The van der Waals surface area contributed by atoms with Gasteiger partial charge in [-0.15, -0.1) is 0 Å². The summed E-state index contributed by atoms with van der Waals surface area (Å²) in [5.41, 5.74) is 2.43. The molecule has 0 spiro atoms. The normalized spacial score (nSPS) is 10.4. The Morgan fingerprint density at radius 1 is 1.26 bits per heavy atom. The largest absolute Gasteiger partial charge is 0.354 e. The summed E-state index contributed by atoms with van der Waals surface area (Å²) in [6.07, 6.45) is 3.91. The Labute approximate surface area is 159 Å². The smallest absolute Gasteiger partial charge is 0.254 e. The minimum Gasteiger partial charge on any atom is -0.354 e. The van der Waals surface area contributed by atoms with Gasteiger partial charge in [0.15, 0.2) is 0 Å². The van der Waals surface area contributed by atoms with Crippen LogP contribution in [0.1, 0.15) is 44.0 Å². The lowest BCUT2D eigenvalue weighted by atomic mass is 10.1. The fourth-order valence-electron chi connectivity index (χ4n) is 2.78. The molecule has 1 N–H and O–H groups in total. The van der Waals surface area contributed by atoms with Gasteiger partial charge < -0.3 is 5.32 Å². The maximum absolute atomic E-state index is 12.7. The fourth-order valence-corrected chi connectivity index (χ4v) is 2.78. The summed E-state index contributed by atoms with van der Waals surface area (Å²) >= 11 is 0. The van der Waals surface area contributed by atoms with E-state index in [1.54, 1.807) is 0 Å². The lowest BCUT2D eigenvalue weighted by Gasteiger charge is -2.14. The molecule has 2 aromatic rings. The van der Waals surface area contributed by atoms with Crippen LogP contribution in [0.5, 0.6) is 0 Å². The van der Waals surface area contributed by atoms with E-state index in [1.165, 1.54) is 10.6 Å².